The molecule has 98 valence electrons. The molecule has 2 heterocycles. The number of aryl methyl sites for hydroxylation is 1. The number of nitrogens with zero attached hydrogens (tertiary/aromatic N) is 1. The summed E-state index contributed by atoms with van der Waals surface area (Å²) >= 11 is 1.58. The number of rotatable bonds is 4. The second kappa shape index (κ2) is 5.49. The van der Waals surface area contributed by atoms with Gasteiger partial charge in [-0.05, 0) is 17.9 Å². The summed E-state index contributed by atoms with van der Waals surface area (Å²) in [5, 5.41) is 20.4. The summed E-state index contributed by atoms with van der Waals surface area (Å²) in [5.41, 5.74) is 0. The van der Waals surface area contributed by atoms with Gasteiger partial charge in [0.15, 0.2) is 0 Å². The zero-order valence-corrected chi connectivity index (χ0v) is 10.6. The molecule has 1 saturated heterocycles. The van der Waals surface area contributed by atoms with Crippen LogP contribution in [0.15, 0.2) is 17.5 Å². The van der Waals surface area contributed by atoms with Gasteiger partial charge in [0.25, 0.3) is 0 Å². The van der Waals surface area contributed by atoms with Crippen LogP contribution in [0.1, 0.15) is 17.7 Å². The Bertz CT molecular complexity index is 431. The van der Waals surface area contributed by atoms with Crippen molar-refractivity contribution in [1.82, 2.24) is 4.90 Å². The lowest BCUT2D eigenvalue weighted by Crippen LogP contribution is -2.40. The molecule has 6 heteroatoms. The summed E-state index contributed by atoms with van der Waals surface area (Å²) in [4.78, 5) is 25.3. The number of thiophene rings is 1. The molecule has 1 fully saturated rings. The van der Waals surface area contributed by atoms with Crippen molar-refractivity contribution < 1.29 is 19.8 Å². The first-order chi connectivity index (χ1) is 8.58. The van der Waals surface area contributed by atoms with Crippen LogP contribution >= 0.6 is 11.3 Å². The van der Waals surface area contributed by atoms with Gasteiger partial charge in [0.2, 0.25) is 5.91 Å². The van der Waals surface area contributed by atoms with Crippen LogP contribution in [0.4, 0.5) is 0 Å². The van der Waals surface area contributed by atoms with Gasteiger partial charge < -0.3 is 15.1 Å². The summed E-state index contributed by atoms with van der Waals surface area (Å²) in [6.45, 7) is 0.125. The average molecular weight is 269 g/mol. The van der Waals surface area contributed by atoms with E-state index in [4.69, 9.17) is 5.11 Å². The molecule has 0 aliphatic carbocycles. The number of aliphatic carboxylic acids is 1. The van der Waals surface area contributed by atoms with Crippen molar-refractivity contribution in [2.24, 2.45) is 0 Å². The molecule has 2 atom stereocenters. The molecule has 0 aromatic carbocycles. The van der Waals surface area contributed by atoms with Crippen molar-refractivity contribution in [1.29, 1.82) is 0 Å². The number of carboxylic acid groups (broad SMARTS) is 1. The Morgan fingerprint density at radius 3 is 2.89 bits per heavy atom. The van der Waals surface area contributed by atoms with Gasteiger partial charge in [-0.3, -0.25) is 4.79 Å². The Hall–Kier alpha value is -1.40. The highest BCUT2D eigenvalue weighted by Crippen LogP contribution is 2.20. The maximum atomic E-state index is 12.0. The fourth-order valence-corrected chi connectivity index (χ4v) is 2.86. The lowest BCUT2D eigenvalue weighted by molar-refractivity contribution is -0.148. The van der Waals surface area contributed by atoms with E-state index in [2.05, 4.69) is 0 Å². The molecule has 1 aromatic rings. The molecule has 2 rings (SSSR count). The summed E-state index contributed by atoms with van der Waals surface area (Å²) < 4.78 is 0. The van der Waals surface area contributed by atoms with Gasteiger partial charge >= 0.3 is 5.97 Å². The number of aliphatic hydroxyl groups is 1. The molecule has 1 amide bonds. The summed E-state index contributed by atoms with van der Waals surface area (Å²) in [7, 11) is 0. The summed E-state index contributed by atoms with van der Waals surface area (Å²) in [6.07, 6.45) is 0.309. The summed E-state index contributed by atoms with van der Waals surface area (Å²) in [5.74, 6) is -1.25. The molecule has 1 aliphatic heterocycles. The molecular formula is C12H15NO4S. The molecule has 0 spiro atoms. The summed E-state index contributed by atoms with van der Waals surface area (Å²) in [6, 6.07) is 2.99. The van der Waals surface area contributed by atoms with Crippen LogP contribution in [0, 0.1) is 0 Å². The third kappa shape index (κ3) is 2.88. The van der Waals surface area contributed by atoms with Crippen LogP contribution in [-0.2, 0) is 16.0 Å². The van der Waals surface area contributed by atoms with E-state index < -0.39 is 18.1 Å². The minimum atomic E-state index is -1.05. The number of carbonyl (C=O) groups is 2. The number of amides is 1. The highest BCUT2D eigenvalue weighted by molar-refractivity contribution is 7.09. The average Bonchev–Trinajstić information content (AvgIpc) is 2.94. The van der Waals surface area contributed by atoms with E-state index in [0.717, 1.165) is 4.88 Å². The second-order valence-electron chi connectivity index (χ2n) is 4.37. The van der Waals surface area contributed by atoms with Gasteiger partial charge in [0.1, 0.15) is 6.04 Å². The first-order valence-corrected chi connectivity index (χ1v) is 6.68. The molecule has 0 unspecified atom stereocenters. The van der Waals surface area contributed by atoms with Gasteiger partial charge in [-0.2, -0.15) is 0 Å². The quantitative estimate of drug-likeness (QED) is 0.844. The number of carboxylic acids is 1. The van der Waals surface area contributed by atoms with Crippen LogP contribution in [0.2, 0.25) is 0 Å². The van der Waals surface area contributed by atoms with Crippen LogP contribution in [0.3, 0.4) is 0 Å². The molecule has 2 N–H and O–H groups in total. The van der Waals surface area contributed by atoms with Crippen molar-refractivity contribution >= 4 is 23.2 Å². The van der Waals surface area contributed by atoms with Crippen molar-refractivity contribution in [2.45, 2.75) is 31.4 Å². The van der Waals surface area contributed by atoms with Crippen molar-refractivity contribution in [3.8, 4) is 0 Å². The zero-order valence-electron chi connectivity index (χ0n) is 9.78. The van der Waals surface area contributed by atoms with Crippen LogP contribution in [-0.4, -0.2) is 45.7 Å². The predicted molar refractivity (Wildman–Crippen MR) is 66.4 cm³/mol. The fraction of sp³-hybridized carbons (Fsp3) is 0.500. The van der Waals surface area contributed by atoms with E-state index in [1.807, 2.05) is 17.5 Å². The largest absolute Gasteiger partial charge is 0.480 e. The van der Waals surface area contributed by atoms with Crippen molar-refractivity contribution in [3.63, 3.8) is 0 Å². The fourth-order valence-electron chi connectivity index (χ4n) is 2.15. The molecule has 0 bridgehead atoms. The maximum absolute atomic E-state index is 12.0. The Morgan fingerprint density at radius 1 is 1.50 bits per heavy atom. The predicted octanol–water partition coefficient (Wildman–Crippen LogP) is 0.727. The minimum Gasteiger partial charge on any atom is -0.480 e. The van der Waals surface area contributed by atoms with Crippen LogP contribution in [0.5, 0.6) is 0 Å². The van der Waals surface area contributed by atoms with E-state index >= 15 is 0 Å². The molecule has 0 radical (unpaired) electrons. The van der Waals surface area contributed by atoms with E-state index in [1.165, 1.54) is 4.90 Å². The van der Waals surface area contributed by atoms with Gasteiger partial charge in [-0.1, -0.05) is 6.07 Å². The molecule has 1 aromatic heterocycles. The maximum Gasteiger partial charge on any atom is 0.326 e. The van der Waals surface area contributed by atoms with E-state index in [-0.39, 0.29) is 25.3 Å². The Labute approximate surface area is 109 Å². The van der Waals surface area contributed by atoms with E-state index in [9.17, 15) is 14.7 Å². The molecule has 1 aliphatic rings. The van der Waals surface area contributed by atoms with Crippen LogP contribution < -0.4 is 0 Å². The third-order valence-corrected chi connectivity index (χ3v) is 3.99. The molecule has 18 heavy (non-hydrogen) atoms. The van der Waals surface area contributed by atoms with Gasteiger partial charge in [0, 0.05) is 24.3 Å². The Balaban J connectivity index is 1.93. The van der Waals surface area contributed by atoms with Crippen molar-refractivity contribution in [2.75, 3.05) is 6.54 Å². The Kier molecular flexibility index (Phi) is 3.98. The third-order valence-electron chi connectivity index (χ3n) is 3.05. The monoisotopic (exact) mass is 269 g/mol. The SMILES string of the molecule is O=C(O)[C@H]1C[C@@H](O)CN1C(=O)CCc1cccs1. The smallest absolute Gasteiger partial charge is 0.326 e. The highest BCUT2D eigenvalue weighted by Gasteiger charge is 2.38. The lowest BCUT2D eigenvalue weighted by Gasteiger charge is -2.20. The topological polar surface area (TPSA) is 77.8 Å². The van der Waals surface area contributed by atoms with Gasteiger partial charge in [-0.25, -0.2) is 4.79 Å². The molecule has 5 nitrogen and oxygen atoms in total. The number of likely N-dealkylation sites (tertiary alicyclic amines) is 1. The number of aliphatic hydroxyl groups excluding tert-OH is 1. The van der Waals surface area contributed by atoms with Crippen molar-refractivity contribution in [3.05, 3.63) is 22.4 Å². The number of carbonyl (C=O) groups excluding carboxylic acids is 1. The zero-order chi connectivity index (χ0) is 13.1. The first kappa shape index (κ1) is 13.0. The number of hydrogen-bond acceptors (Lipinski definition) is 4. The number of β-amino-alcohol motifs (C(OH)–C–C–N with tert-alkyl or cyclic N) is 1. The molecule has 0 saturated carbocycles. The lowest BCUT2D eigenvalue weighted by atomic mass is 10.2. The number of hydrogen-bond donors (Lipinski definition) is 2. The first-order valence-electron chi connectivity index (χ1n) is 5.80. The Morgan fingerprint density at radius 2 is 2.28 bits per heavy atom. The van der Waals surface area contributed by atoms with E-state index in [1.54, 1.807) is 11.3 Å². The van der Waals surface area contributed by atoms with E-state index in [0.29, 0.717) is 6.42 Å². The van der Waals surface area contributed by atoms with Gasteiger partial charge in [0.05, 0.1) is 6.10 Å². The minimum absolute atomic E-state index is 0.125. The normalized spacial score (nSPS) is 23.3. The second-order valence-corrected chi connectivity index (χ2v) is 5.40. The molecular weight excluding hydrogens is 254 g/mol. The highest BCUT2D eigenvalue weighted by atomic mass is 32.1. The van der Waals surface area contributed by atoms with Gasteiger partial charge in [-0.15, -0.1) is 11.3 Å². The standard InChI is InChI=1S/C12H15NO4S/c14-8-6-10(12(16)17)13(7-8)11(15)4-3-9-2-1-5-18-9/h1-2,5,8,10,14H,3-4,6-7H2,(H,16,17)/t8-,10-/m1/s1. The van der Waals surface area contributed by atoms with Crippen LogP contribution in [0.25, 0.3) is 0 Å².